The van der Waals surface area contributed by atoms with Gasteiger partial charge in [-0.3, -0.25) is 14.4 Å². The van der Waals surface area contributed by atoms with Gasteiger partial charge in [-0.05, 0) is 64.2 Å². The van der Waals surface area contributed by atoms with Gasteiger partial charge in [0.2, 0.25) is 0 Å². The number of rotatable bonds is 46. The van der Waals surface area contributed by atoms with Gasteiger partial charge in [-0.15, -0.1) is 0 Å². The number of unbranched alkanes of at least 4 members (excludes halogenated alkanes) is 28. The van der Waals surface area contributed by atoms with Gasteiger partial charge >= 0.3 is 23.9 Å². The van der Waals surface area contributed by atoms with Gasteiger partial charge in [-0.25, -0.2) is 4.79 Å². The number of aliphatic hydroxyl groups is 2. The molecular weight excluding hydrogens is 853 g/mol. The predicted octanol–water partition coefficient (Wildman–Crippen LogP) is 13.1. The molecule has 0 saturated carbocycles. The fraction of sp³-hybridized carbons (Fsp3) is 0.855. The van der Waals surface area contributed by atoms with Gasteiger partial charge in [-0.2, -0.15) is 0 Å². The lowest BCUT2D eigenvalue weighted by atomic mass is 9.98. The van der Waals surface area contributed by atoms with Crippen molar-refractivity contribution < 1.29 is 58.2 Å². The molecule has 0 aliphatic carbocycles. The second-order valence-electron chi connectivity index (χ2n) is 18.9. The lowest BCUT2D eigenvalue weighted by Crippen LogP contribution is -2.61. The number of ether oxygens (including phenoxy) is 5. The van der Waals surface area contributed by atoms with Crippen molar-refractivity contribution in [3.63, 3.8) is 0 Å². The highest BCUT2D eigenvalue weighted by Gasteiger charge is 2.50. The van der Waals surface area contributed by atoms with E-state index in [1.165, 1.54) is 96.3 Å². The maximum Gasteiger partial charge on any atom is 0.335 e. The van der Waals surface area contributed by atoms with Crippen molar-refractivity contribution in [3.8, 4) is 0 Å². The van der Waals surface area contributed by atoms with Gasteiger partial charge in [0.15, 0.2) is 24.6 Å². The van der Waals surface area contributed by atoms with Crippen LogP contribution >= 0.6 is 0 Å². The molecule has 1 fully saturated rings. The number of hydrogen-bond acceptors (Lipinski definition) is 11. The SMILES string of the molecule is CCCC/C=C\CCCCCCCC(=O)OCC(COC1OC(C(=O)O)C(O)C(O)C1OC(=O)CCCCCCC/C=C\CCCCCCCC)OC(=O)CCCCCCCCCCCCC. The Morgan fingerprint density at radius 2 is 0.866 bits per heavy atom. The molecule has 6 unspecified atom stereocenters. The van der Waals surface area contributed by atoms with Crippen molar-refractivity contribution in [1.29, 1.82) is 0 Å². The third kappa shape index (κ3) is 35.0. The monoisotopic (exact) mass is 951 g/mol. The molecule has 0 aromatic rings. The highest BCUT2D eigenvalue weighted by Crippen LogP contribution is 2.26. The average molecular weight is 951 g/mol. The van der Waals surface area contributed by atoms with E-state index in [1.807, 2.05) is 0 Å². The molecule has 0 aromatic carbocycles. The molecule has 3 N–H and O–H groups in total. The number of hydrogen-bond donors (Lipinski definition) is 3. The molecule has 6 atom stereocenters. The van der Waals surface area contributed by atoms with Crippen LogP contribution in [0.4, 0.5) is 0 Å². The summed E-state index contributed by atoms with van der Waals surface area (Å²) in [6, 6.07) is 0. The first kappa shape index (κ1) is 62.2. The van der Waals surface area contributed by atoms with Crippen LogP contribution in [0.3, 0.4) is 0 Å². The quantitative estimate of drug-likeness (QED) is 0.0228. The first-order chi connectivity index (χ1) is 32.6. The number of allylic oxidation sites excluding steroid dienone is 4. The normalized spacial score (nSPS) is 19.0. The lowest BCUT2D eigenvalue weighted by Gasteiger charge is -2.40. The van der Waals surface area contributed by atoms with E-state index >= 15 is 0 Å². The molecule has 12 heteroatoms. The van der Waals surface area contributed by atoms with Gasteiger partial charge in [-0.1, -0.05) is 193 Å². The minimum absolute atomic E-state index is 0.0538. The van der Waals surface area contributed by atoms with Crippen molar-refractivity contribution in [2.75, 3.05) is 13.2 Å². The molecule has 1 heterocycles. The summed E-state index contributed by atoms with van der Waals surface area (Å²) < 4.78 is 28.3. The van der Waals surface area contributed by atoms with E-state index in [0.29, 0.717) is 19.3 Å². The first-order valence-electron chi connectivity index (χ1n) is 27.3. The summed E-state index contributed by atoms with van der Waals surface area (Å²) >= 11 is 0. The fourth-order valence-corrected chi connectivity index (χ4v) is 8.23. The summed E-state index contributed by atoms with van der Waals surface area (Å²) in [6.07, 6.45) is 35.9. The van der Waals surface area contributed by atoms with Crippen molar-refractivity contribution in [1.82, 2.24) is 0 Å². The molecule has 67 heavy (non-hydrogen) atoms. The lowest BCUT2D eigenvalue weighted by molar-refractivity contribution is -0.301. The van der Waals surface area contributed by atoms with Crippen LogP contribution < -0.4 is 0 Å². The third-order valence-corrected chi connectivity index (χ3v) is 12.5. The van der Waals surface area contributed by atoms with Crippen LogP contribution in [0.15, 0.2) is 24.3 Å². The van der Waals surface area contributed by atoms with E-state index in [4.69, 9.17) is 23.7 Å². The number of carbonyl (C=O) groups excluding carboxylic acids is 3. The van der Waals surface area contributed by atoms with E-state index in [0.717, 1.165) is 96.3 Å². The maximum absolute atomic E-state index is 13.0. The van der Waals surface area contributed by atoms with Crippen molar-refractivity contribution in [2.24, 2.45) is 0 Å². The molecule has 0 aromatic heterocycles. The van der Waals surface area contributed by atoms with Crippen molar-refractivity contribution in [3.05, 3.63) is 24.3 Å². The van der Waals surface area contributed by atoms with Crippen LogP contribution in [0.1, 0.15) is 252 Å². The van der Waals surface area contributed by atoms with Gasteiger partial charge < -0.3 is 39.0 Å². The third-order valence-electron chi connectivity index (χ3n) is 12.5. The van der Waals surface area contributed by atoms with Crippen molar-refractivity contribution in [2.45, 2.75) is 289 Å². The number of carboxylic acid groups (broad SMARTS) is 1. The summed E-state index contributed by atoms with van der Waals surface area (Å²) in [5.41, 5.74) is 0. The fourth-order valence-electron chi connectivity index (χ4n) is 8.23. The molecule has 0 bridgehead atoms. The smallest absolute Gasteiger partial charge is 0.335 e. The Labute approximate surface area is 407 Å². The number of carbonyl (C=O) groups is 4. The van der Waals surface area contributed by atoms with Crippen LogP contribution in [0.25, 0.3) is 0 Å². The molecular formula is C55H98O12. The minimum atomic E-state index is -1.90. The van der Waals surface area contributed by atoms with Crippen LogP contribution in [-0.2, 0) is 42.9 Å². The topological polar surface area (TPSA) is 175 Å². The summed E-state index contributed by atoms with van der Waals surface area (Å²) in [5, 5.41) is 31.3. The average Bonchev–Trinajstić information content (AvgIpc) is 3.31. The highest BCUT2D eigenvalue weighted by atomic mass is 16.7. The zero-order valence-electron chi connectivity index (χ0n) is 42.7. The number of aliphatic carboxylic acids is 1. The first-order valence-corrected chi connectivity index (χ1v) is 27.3. The molecule has 1 rings (SSSR count). The Kier molecular flexibility index (Phi) is 41.2. The molecule has 0 spiro atoms. The van der Waals surface area contributed by atoms with Gasteiger partial charge in [0.05, 0.1) is 6.61 Å². The van der Waals surface area contributed by atoms with E-state index in [-0.39, 0.29) is 25.9 Å². The van der Waals surface area contributed by atoms with E-state index in [9.17, 15) is 34.5 Å². The van der Waals surface area contributed by atoms with E-state index in [2.05, 4.69) is 45.1 Å². The number of carboxylic acids is 1. The number of esters is 3. The zero-order chi connectivity index (χ0) is 49.0. The van der Waals surface area contributed by atoms with Gasteiger partial charge in [0.25, 0.3) is 0 Å². The maximum atomic E-state index is 13.0. The summed E-state index contributed by atoms with van der Waals surface area (Å²) in [4.78, 5) is 50.8. The zero-order valence-corrected chi connectivity index (χ0v) is 42.7. The summed E-state index contributed by atoms with van der Waals surface area (Å²) in [5.74, 6) is -3.12. The van der Waals surface area contributed by atoms with Crippen LogP contribution in [-0.4, -0.2) is 89.2 Å². The Hall–Kier alpha value is -2.80. The van der Waals surface area contributed by atoms with Crippen LogP contribution in [0.2, 0.25) is 0 Å². The largest absolute Gasteiger partial charge is 0.479 e. The molecule has 1 saturated heterocycles. The summed E-state index contributed by atoms with van der Waals surface area (Å²) in [6.45, 7) is 5.92. The minimum Gasteiger partial charge on any atom is -0.479 e. The molecule has 390 valence electrons. The number of aliphatic hydroxyl groups excluding tert-OH is 2. The molecule has 0 amide bonds. The Bertz CT molecular complexity index is 1270. The van der Waals surface area contributed by atoms with Gasteiger partial charge in [0.1, 0.15) is 18.8 Å². The van der Waals surface area contributed by atoms with Crippen LogP contribution in [0, 0.1) is 0 Å². The highest BCUT2D eigenvalue weighted by molar-refractivity contribution is 5.74. The summed E-state index contributed by atoms with van der Waals surface area (Å²) in [7, 11) is 0. The van der Waals surface area contributed by atoms with Crippen molar-refractivity contribution >= 4 is 23.9 Å². The van der Waals surface area contributed by atoms with E-state index < -0.39 is 67.3 Å². The van der Waals surface area contributed by atoms with Crippen LogP contribution in [0.5, 0.6) is 0 Å². The predicted molar refractivity (Wildman–Crippen MR) is 266 cm³/mol. The van der Waals surface area contributed by atoms with Gasteiger partial charge in [0, 0.05) is 19.3 Å². The Morgan fingerprint density at radius 3 is 1.31 bits per heavy atom. The molecule has 1 aliphatic rings. The molecule has 1 aliphatic heterocycles. The standard InChI is InChI=1S/C55H98O12/c1-4-7-10-13-16-19-22-23-24-25-28-31-34-37-40-43-49(58)66-53-51(60)50(59)52(54(61)62)67-55(53)64-45-46(65-48(57)42-39-36-33-30-27-21-18-15-12-9-6-3)44-63-47(56)41-38-35-32-29-26-20-17-14-11-8-5-2/h14,17,23-24,46,50-53,55,59-60H,4-13,15-16,18-22,25-45H2,1-3H3,(H,61,62)/b17-14-,24-23-. The Balaban J connectivity index is 2.71. The van der Waals surface area contributed by atoms with E-state index in [1.54, 1.807) is 0 Å². The molecule has 0 radical (unpaired) electrons. The Morgan fingerprint density at radius 1 is 0.478 bits per heavy atom. The second kappa shape index (κ2) is 44.4. The second-order valence-corrected chi connectivity index (χ2v) is 18.9. The molecule has 12 nitrogen and oxygen atoms in total.